The molecule has 1 aromatic carbocycles. The van der Waals surface area contributed by atoms with E-state index in [2.05, 4.69) is 39.8 Å². The van der Waals surface area contributed by atoms with Crippen LogP contribution >= 0.6 is 11.3 Å². The number of guanidine groups is 1. The van der Waals surface area contributed by atoms with Gasteiger partial charge in [-0.3, -0.25) is 4.99 Å². The molecule has 0 bridgehead atoms. The number of aliphatic imine (C=N–C) groups is 1. The second kappa shape index (κ2) is 8.62. The third-order valence-electron chi connectivity index (χ3n) is 3.39. The molecular formula is C17H23FN4S. The van der Waals surface area contributed by atoms with Crippen LogP contribution in [0.15, 0.2) is 34.6 Å². The third-order valence-corrected chi connectivity index (χ3v) is 4.25. The van der Waals surface area contributed by atoms with Crippen molar-refractivity contribution in [2.24, 2.45) is 4.99 Å². The minimum absolute atomic E-state index is 0.199. The summed E-state index contributed by atoms with van der Waals surface area (Å²) in [6, 6.07) is 6.66. The minimum Gasteiger partial charge on any atom is -0.356 e. The Balaban J connectivity index is 1.77. The molecule has 1 heterocycles. The maximum atomic E-state index is 13.1. The Labute approximate surface area is 140 Å². The summed E-state index contributed by atoms with van der Waals surface area (Å²) in [5.41, 5.74) is 2.09. The molecule has 0 amide bonds. The van der Waals surface area contributed by atoms with E-state index in [1.54, 1.807) is 30.5 Å². The molecule has 0 aliphatic heterocycles. The van der Waals surface area contributed by atoms with E-state index in [0.717, 1.165) is 28.6 Å². The first kappa shape index (κ1) is 17.4. The van der Waals surface area contributed by atoms with Crippen molar-refractivity contribution in [1.29, 1.82) is 0 Å². The lowest BCUT2D eigenvalue weighted by molar-refractivity contribution is 0.625. The average molecular weight is 334 g/mol. The maximum Gasteiger partial charge on any atom is 0.191 e. The van der Waals surface area contributed by atoms with Crippen LogP contribution in [0.4, 0.5) is 4.39 Å². The van der Waals surface area contributed by atoms with Gasteiger partial charge in [-0.15, -0.1) is 11.3 Å². The molecule has 0 unspecified atom stereocenters. The van der Waals surface area contributed by atoms with E-state index in [1.165, 1.54) is 6.07 Å². The topological polar surface area (TPSA) is 49.3 Å². The summed E-state index contributed by atoms with van der Waals surface area (Å²) in [5, 5.41) is 9.62. The molecule has 0 saturated carbocycles. The lowest BCUT2D eigenvalue weighted by atomic mass is 10.1. The van der Waals surface area contributed by atoms with Gasteiger partial charge >= 0.3 is 0 Å². The Bertz CT molecular complexity index is 652. The summed E-state index contributed by atoms with van der Waals surface area (Å²) in [5.74, 6) is 0.973. The van der Waals surface area contributed by atoms with E-state index in [4.69, 9.17) is 0 Å². The van der Waals surface area contributed by atoms with Gasteiger partial charge in [0, 0.05) is 19.0 Å². The first-order valence-electron chi connectivity index (χ1n) is 7.71. The number of benzene rings is 1. The van der Waals surface area contributed by atoms with Crippen LogP contribution in [0.3, 0.4) is 0 Å². The summed E-state index contributed by atoms with van der Waals surface area (Å²) in [6.45, 7) is 5.62. The van der Waals surface area contributed by atoms with Crippen LogP contribution in [0, 0.1) is 5.82 Å². The van der Waals surface area contributed by atoms with Crippen molar-refractivity contribution in [3.8, 4) is 0 Å². The van der Waals surface area contributed by atoms with Gasteiger partial charge in [0.2, 0.25) is 0 Å². The molecule has 2 aromatic rings. The van der Waals surface area contributed by atoms with E-state index in [0.29, 0.717) is 19.0 Å². The number of nitrogens with one attached hydrogen (secondary N) is 2. The Hall–Kier alpha value is -1.95. The Kier molecular flexibility index (Phi) is 6.52. The number of nitrogens with zero attached hydrogens (tertiary/aromatic N) is 2. The van der Waals surface area contributed by atoms with Gasteiger partial charge in [-0.05, 0) is 30.0 Å². The number of hydrogen-bond acceptors (Lipinski definition) is 3. The smallest absolute Gasteiger partial charge is 0.191 e. The van der Waals surface area contributed by atoms with Crippen LogP contribution < -0.4 is 10.6 Å². The highest BCUT2D eigenvalue weighted by Gasteiger charge is 2.06. The quantitative estimate of drug-likeness (QED) is 0.629. The molecule has 23 heavy (non-hydrogen) atoms. The molecular weight excluding hydrogens is 311 g/mol. The lowest BCUT2D eigenvalue weighted by Gasteiger charge is -2.11. The summed E-state index contributed by atoms with van der Waals surface area (Å²) in [4.78, 5) is 8.78. The largest absolute Gasteiger partial charge is 0.356 e. The van der Waals surface area contributed by atoms with E-state index >= 15 is 0 Å². The number of thiazole rings is 1. The Morgan fingerprint density at radius 1 is 1.35 bits per heavy atom. The number of aromatic nitrogens is 1. The van der Waals surface area contributed by atoms with Crippen molar-refractivity contribution in [2.75, 3.05) is 13.6 Å². The molecule has 124 valence electrons. The predicted molar refractivity (Wildman–Crippen MR) is 94.5 cm³/mol. The lowest BCUT2D eigenvalue weighted by Crippen LogP contribution is -2.37. The van der Waals surface area contributed by atoms with Crippen molar-refractivity contribution in [3.63, 3.8) is 0 Å². The van der Waals surface area contributed by atoms with Gasteiger partial charge in [-0.1, -0.05) is 26.0 Å². The molecule has 2 rings (SSSR count). The van der Waals surface area contributed by atoms with Gasteiger partial charge in [0.25, 0.3) is 0 Å². The second-order valence-corrected chi connectivity index (χ2v) is 6.50. The van der Waals surface area contributed by atoms with Crippen LogP contribution in [0.2, 0.25) is 0 Å². The Morgan fingerprint density at radius 2 is 2.17 bits per heavy atom. The van der Waals surface area contributed by atoms with E-state index < -0.39 is 0 Å². The molecule has 0 atom stereocenters. The predicted octanol–water partition coefficient (Wildman–Crippen LogP) is 3.31. The molecule has 4 nitrogen and oxygen atoms in total. The molecule has 0 saturated heterocycles. The van der Waals surface area contributed by atoms with Crippen molar-refractivity contribution in [1.82, 2.24) is 15.6 Å². The molecule has 2 N–H and O–H groups in total. The molecule has 0 fully saturated rings. The van der Waals surface area contributed by atoms with Gasteiger partial charge in [-0.25, -0.2) is 9.37 Å². The van der Waals surface area contributed by atoms with Crippen LogP contribution in [-0.4, -0.2) is 24.5 Å². The van der Waals surface area contributed by atoms with E-state index in [9.17, 15) is 4.39 Å². The molecule has 6 heteroatoms. The van der Waals surface area contributed by atoms with Crippen LogP contribution in [0.25, 0.3) is 0 Å². The zero-order valence-electron chi connectivity index (χ0n) is 13.8. The zero-order chi connectivity index (χ0) is 16.7. The fourth-order valence-corrected chi connectivity index (χ4v) is 2.96. The summed E-state index contributed by atoms with van der Waals surface area (Å²) < 4.78 is 13.1. The van der Waals surface area contributed by atoms with Crippen molar-refractivity contribution in [2.45, 2.75) is 32.7 Å². The van der Waals surface area contributed by atoms with Crippen molar-refractivity contribution < 1.29 is 4.39 Å². The third kappa shape index (κ3) is 5.63. The zero-order valence-corrected chi connectivity index (χ0v) is 14.6. The first-order valence-corrected chi connectivity index (χ1v) is 8.59. The van der Waals surface area contributed by atoms with Crippen molar-refractivity contribution in [3.05, 3.63) is 51.7 Å². The molecule has 1 aromatic heterocycles. The summed E-state index contributed by atoms with van der Waals surface area (Å²) in [7, 11) is 1.74. The molecule has 0 spiro atoms. The summed E-state index contributed by atoms with van der Waals surface area (Å²) >= 11 is 1.65. The van der Waals surface area contributed by atoms with Crippen LogP contribution in [0.5, 0.6) is 0 Å². The Morgan fingerprint density at radius 3 is 2.83 bits per heavy atom. The second-order valence-electron chi connectivity index (χ2n) is 5.55. The SMILES string of the molecule is CN=C(NCCc1cccc(F)c1)NCc1nc(C(C)C)cs1. The van der Waals surface area contributed by atoms with Gasteiger partial charge in [-0.2, -0.15) is 0 Å². The highest BCUT2D eigenvalue weighted by atomic mass is 32.1. The molecule has 0 aliphatic carbocycles. The standard InChI is InChI=1S/C17H23FN4S/c1-12(2)15-11-23-16(22-15)10-21-17(19-3)20-8-7-13-5-4-6-14(18)9-13/h4-6,9,11-12H,7-8,10H2,1-3H3,(H2,19,20,21). The fraction of sp³-hybridized carbons (Fsp3) is 0.412. The number of halogens is 1. The first-order chi connectivity index (χ1) is 11.1. The van der Waals surface area contributed by atoms with Gasteiger partial charge in [0.1, 0.15) is 10.8 Å². The highest BCUT2D eigenvalue weighted by Crippen LogP contribution is 2.17. The maximum absolute atomic E-state index is 13.1. The van der Waals surface area contributed by atoms with Gasteiger partial charge in [0.05, 0.1) is 12.2 Å². The van der Waals surface area contributed by atoms with Gasteiger partial charge < -0.3 is 10.6 Å². The average Bonchev–Trinajstić information content (AvgIpc) is 3.00. The highest BCUT2D eigenvalue weighted by molar-refractivity contribution is 7.09. The van der Waals surface area contributed by atoms with Crippen LogP contribution in [0.1, 0.15) is 36.0 Å². The molecule has 0 radical (unpaired) electrons. The monoisotopic (exact) mass is 334 g/mol. The van der Waals surface area contributed by atoms with E-state index in [1.807, 2.05) is 6.07 Å². The van der Waals surface area contributed by atoms with Crippen LogP contribution in [-0.2, 0) is 13.0 Å². The fourth-order valence-electron chi connectivity index (χ4n) is 2.07. The van der Waals surface area contributed by atoms with Crippen molar-refractivity contribution >= 4 is 17.3 Å². The van der Waals surface area contributed by atoms with E-state index in [-0.39, 0.29) is 5.82 Å². The van der Waals surface area contributed by atoms with Gasteiger partial charge in [0.15, 0.2) is 5.96 Å². The normalized spacial score (nSPS) is 11.8. The molecule has 0 aliphatic rings. The minimum atomic E-state index is -0.199. The number of rotatable bonds is 6. The number of hydrogen-bond donors (Lipinski definition) is 2. The summed E-state index contributed by atoms with van der Waals surface area (Å²) in [6.07, 6.45) is 0.743.